The Kier molecular flexibility index (Phi) is 4.45. The van der Waals surface area contributed by atoms with Gasteiger partial charge in [0.15, 0.2) is 5.78 Å². The van der Waals surface area contributed by atoms with Crippen LogP contribution >= 0.6 is 0 Å². The van der Waals surface area contributed by atoms with Crippen LogP contribution in [0.2, 0.25) is 0 Å². The maximum atomic E-state index is 12.6. The maximum Gasteiger partial charge on any atom is 0.265 e. The lowest BCUT2D eigenvalue weighted by Gasteiger charge is -2.10. The van der Waals surface area contributed by atoms with Gasteiger partial charge in [-0.1, -0.05) is 18.2 Å². The van der Waals surface area contributed by atoms with Crippen LogP contribution in [-0.4, -0.2) is 20.4 Å². The number of anilines is 2. The summed E-state index contributed by atoms with van der Waals surface area (Å²) in [7, 11) is 1.56. The van der Waals surface area contributed by atoms with Crippen molar-refractivity contribution in [3.8, 4) is 5.75 Å². The highest BCUT2D eigenvalue weighted by atomic mass is 16.3. The predicted octanol–water partition coefficient (Wildman–Crippen LogP) is 2.42. The molecule has 26 heavy (non-hydrogen) atoms. The van der Waals surface area contributed by atoms with Gasteiger partial charge in [-0.25, -0.2) is 4.98 Å². The van der Waals surface area contributed by atoms with Crippen LogP contribution in [0, 0.1) is 0 Å². The molecule has 7 heteroatoms. The van der Waals surface area contributed by atoms with E-state index in [0.29, 0.717) is 28.2 Å². The molecule has 0 spiro atoms. The Balaban J connectivity index is 2.01. The summed E-state index contributed by atoms with van der Waals surface area (Å²) in [5.74, 6) is -0.0973. The molecule has 2 aromatic heterocycles. The van der Waals surface area contributed by atoms with E-state index in [9.17, 15) is 14.7 Å². The van der Waals surface area contributed by atoms with Crippen molar-refractivity contribution < 1.29 is 9.90 Å². The van der Waals surface area contributed by atoms with Crippen LogP contribution in [0.3, 0.4) is 0 Å². The number of nitrogens with two attached hydrogens (primary N) is 1. The SMILES string of the molecule is CC(=CC(=O)c1c(O)c2ccccc2n(C)c1=O)Nc1cccc(N)n1. The summed E-state index contributed by atoms with van der Waals surface area (Å²) < 4.78 is 1.35. The van der Waals surface area contributed by atoms with Gasteiger partial charge in [0.1, 0.15) is 22.9 Å². The summed E-state index contributed by atoms with van der Waals surface area (Å²) in [5.41, 5.74) is 5.80. The Bertz CT molecular complexity index is 1100. The van der Waals surface area contributed by atoms with E-state index in [0.717, 1.165) is 0 Å². The first-order chi connectivity index (χ1) is 12.4. The van der Waals surface area contributed by atoms with E-state index in [1.165, 1.54) is 10.6 Å². The minimum absolute atomic E-state index is 0.270. The first-order valence-electron chi connectivity index (χ1n) is 7.91. The summed E-state index contributed by atoms with van der Waals surface area (Å²) in [6, 6.07) is 11.9. The first-order valence-corrected chi connectivity index (χ1v) is 7.91. The van der Waals surface area contributed by atoms with Gasteiger partial charge in [0.2, 0.25) is 0 Å². The van der Waals surface area contributed by atoms with E-state index in [1.807, 2.05) is 0 Å². The van der Waals surface area contributed by atoms with Gasteiger partial charge in [-0.2, -0.15) is 0 Å². The van der Waals surface area contributed by atoms with E-state index in [4.69, 9.17) is 5.73 Å². The molecule has 4 N–H and O–H groups in total. The number of allylic oxidation sites excluding steroid dienone is 2. The van der Waals surface area contributed by atoms with Crippen molar-refractivity contribution in [3.05, 3.63) is 70.2 Å². The number of carbonyl (C=O) groups excluding carboxylic acids is 1. The zero-order valence-electron chi connectivity index (χ0n) is 14.4. The first kappa shape index (κ1) is 17.2. The van der Waals surface area contributed by atoms with Gasteiger partial charge >= 0.3 is 0 Å². The van der Waals surface area contributed by atoms with E-state index >= 15 is 0 Å². The van der Waals surface area contributed by atoms with Crippen molar-refractivity contribution >= 4 is 28.3 Å². The molecule has 0 aliphatic carbocycles. The normalized spacial score (nSPS) is 11.5. The van der Waals surface area contributed by atoms with Crippen molar-refractivity contribution in [2.75, 3.05) is 11.1 Å². The molecule has 0 saturated carbocycles. The predicted molar refractivity (Wildman–Crippen MR) is 101 cm³/mol. The van der Waals surface area contributed by atoms with E-state index < -0.39 is 11.3 Å². The number of hydrogen-bond donors (Lipinski definition) is 3. The number of fused-ring (bicyclic) bond motifs is 1. The fourth-order valence-corrected chi connectivity index (χ4v) is 2.73. The summed E-state index contributed by atoms with van der Waals surface area (Å²) in [6.07, 6.45) is 1.25. The molecular formula is C19H18N4O3. The third-order valence-electron chi connectivity index (χ3n) is 3.97. The zero-order valence-corrected chi connectivity index (χ0v) is 14.4. The van der Waals surface area contributed by atoms with Crippen LogP contribution in [0.25, 0.3) is 10.9 Å². The number of hydrogen-bond acceptors (Lipinski definition) is 6. The molecule has 3 aromatic rings. The maximum absolute atomic E-state index is 12.6. The van der Waals surface area contributed by atoms with E-state index in [2.05, 4.69) is 10.3 Å². The van der Waals surface area contributed by atoms with Crippen LogP contribution in [0.5, 0.6) is 5.75 Å². The highest BCUT2D eigenvalue weighted by molar-refractivity contribution is 6.09. The Labute approximate surface area is 149 Å². The monoisotopic (exact) mass is 350 g/mol. The average molecular weight is 350 g/mol. The van der Waals surface area contributed by atoms with Crippen molar-refractivity contribution in [1.29, 1.82) is 0 Å². The number of nitrogen functional groups attached to an aromatic ring is 1. The fraction of sp³-hybridized carbons (Fsp3) is 0.105. The number of carbonyl (C=O) groups is 1. The molecular weight excluding hydrogens is 332 g/mol. The lowest BCUT2D eigenvalue weighted by molar-refractivity contribution is 0.104. The second-order valence-corrected chi connectivity index (χ2v) is 5.87. The molecule has 0 atom stereocenters. The summed E-state index contributed by atoms with van der Waals surface area (Å²) in [6.45, 7) is 1.66. The topological polar surface area (TPSA) is 110 Å². The molecule has 0 fully saturated rings. The highest BCUT2D eigenvalue weighted by Gasteiger charge is 2.19. The molecule has 0 amide bonds. The van der Waals surface area contributed by atoms with Gasteiger partial charge in [0, 0.05) is 24.2 Å². The molecule has 0 saturated heterocycles. The quantitative estimate of drug-likeness (QED) is 0.492. The van der Waals surface area contributed by atoms with Gasteiger partial charge in [0.05, 0.1) is 5.52 Å². The lowest BCUT2D eigenvalue weighted by Crippen LogP contribution is -2.24. The van der Waals surface area contributed by atoms with Crippen molar-refractivity contribution in [1.82, 2.24) is 9.55 Å². The number of benzene rings is 1. The van der Waals surface area contributed by atoms with Gasteiger partial charge in [-0.05, 0) is 31.2 Å². The number of aromatic hydroxyl groups is 1. The molecule has 0 bridgehead atoms. The summed E-state index contributed by atoms with van der Waals surface area (Å²) in [5, 5.41) is 13.8. The Morgan fingerprint density at radius 3 is 2.69 bits per heavy atom. The fourth-order valence-electron chi connectivity index (χ4n) is 2.73. The minimum atomic E-state index is -0.595. The molecule has 1 aromatic carbocycles. The Morgan fingerprint density at radius 1 is 1.23 bits per heavy atom. The van der Waals surface area contributed by atoms with Gasteiger partial charge in [-0.15, -0.1) is 0 Å². The molecule has 7 nitrogen and oxygen atoms in total. The average Bonchev–Trinajstić information content (AvgIpc) is 2.60. The van der Waals surface area contributed by atoms with Crippen LogP contribution in [0.15, 0.2) is 59.0 Å². The van der Waals surface area contributed by atoms with Crippen molar-refractivity contribution in [2.45, 2.75) is 6.92 Å². The zero-order chi connectivity index (χ0) is 18.8. The summed E-state index contributed by atoms with van der Waals surface area (Å²) in [4.78, 5) is 29.2. The molecule has 2 heterocycles. The van der Waals surface area contributed by atoms with Crippen LogP contribution in [-0.2, 0) is 7.05 Å². The van der Waals surface area contributed by atoms with Gasteiger partial charge < -0.3 is 20.7 Å². The number of nitrogens with zero attached hydrogens (tertiary/aromatic N) is 2. The largest absolute Gasteiger partial charge is 0.506 e. The lowest BCUT2D eigenvalue weighted by atomic mass is 10.1. The number of para-hydroxylation sites is 1. The molecule has 132 valence electrons. The number of rotatable bonds is 4. The van der Waals surface area contributed by atoms with Crippen molar-refractivity contribution in [3.63, 3.8) is 0 Å². The standard InChI is InChI=1S/C19H18N4O3/c1-11(21-16-9-5-8-15(20)22-16)10-14(24)17-18(25)12-6-3-4-7-13(12)23(2)19(17)26/h3-10,25H,1-2H3,(H3,20,21,22). The number of aryl methyl sites for hydroxylation is 1. The van der Waals surface area contributed by atoms with Crippen LogP contribution < -0.4 is 16.6 Å². The smallest absolute Gasteiger partial charge is 0.265 e. The molecule has 0 aliphatic heterocycles. The molecule has 0 unspecified atom stereocenters. The third-order valence-corrected chi connectivity index (χ3v) is 3.97. The Hall–Kier alpha value is -3.61. The minimum Gasteiger partial charge on any atom is -0.506 e. The number of pyridine rings is 2. The van der Waals surface area contributed by atoms with E-state index in [-0.39, 0.29) is 11.3 Å². The van der Waals surface area contributed by atoms with Crippen LogP contribution in [0.4, 0.5) is 11.6 Å². The summed E-state index contributed by atoms with van der Waals surface area (Å²) >= 11 is 0. The second-order valence-electron chi connectivity index (χ2n) is 5.87. The number of nitrogens with one attached hydrogen (secondary N) is 1. The second kappa shape index (κ2) is 6.72. The highest BCUT2D eigenvalue weighted by Crippen LogP contribution is 2.26. The van der Waals surface area contributed by atoms with Gasteiger partial charge in [-0.3, -0.25) is 9.59 Å². The van der Waals surface area contributed by atoms with E-state index in [1.54, 1.807) is 56.4 Å². The number of aromatic nitrogens is 2. The molecule has 0 aliphatic rings. The van der Waals surface area contributed by atoms with Crippen LogP contribution in [0.1, 0.15) is 17.3 Å². The Morgan fingerprint density at radius 2 is 1.96 bits per heavy atom. The molecule has 0 radical (unpaired) electrons. The number of ketones is 1. The third kappa shape index (κ3) is 3.14. The molecule has 3 rings (SSSR count). The van der Waals surface area contributed by atoms with Gasteiger partial charge in [0.25, 0.3) is 5.56 Å². The van der Waals surface area contributed by atoms with Crippen molar-refractivity contribution in [2.24, 2.45) is 7.05 Å².